The molecule has 2 rings (SSSR count). The van der Waals surface area contributed by atoms with Gasteiger partial charge in [0.15, 0.2) is 5.82 Å². The summed E-state index contributed by atoms with van der Waals surface area (Å²) in [6.45, 7) is 3.40. The number of ether oxygens (including phenoxy) is 1. The number of rotatable bonds is 7. The van der Waals surface area contributed by atoms with Crippen molar-refractivity contribution < 1.29 is 9.53 Å². The average Bonchev–Trinajstić information content (AvgIpc) is 3.04. The van der Waals surface area contributed by atoms with Crippen LogP contribution in [0.2, 0.25) is 0 Å². The van der Waals surface area contributed by atoms with Crippen molar-refractivity contribution in [3.8, 4) is 0 Å². The molecule has 0 fully saturated rings. The highest BCUT2D eigenvalue weighted by Gasteiger charge is 2.18. The third kappa shape index (κ3) is 4.46. The van der Waals surface area contributed by atoms with Crippen molar-refractivity contribution in [3.05, 3.63) is 36.4 Å². The van der Waals surface area contributed by atoms with Crippen LogP contribution in [0.25, 0.3) is 0 Å². The lowest BCUT2D eigenvalue weighted by Gasteiger charge is -2.24. The number of urea groups is 1. The van der Waals surface area contributed by atoms with Crippen molar-refractivity contribution in [2.45, 2.75) is 26.1 Å². The molecule has 1 N–H and O–H groups in total. The van der Waals surface area contributed by atoms with Crippen LogP contribution >= 0.6 is 0 Å². The van der Waals surface area contributed by atoms with Crippen molar-refractivity contribution in [1.29, 1.82) is 0 Å². The number of amides is 2. The quantitative estimate of drug-likeness (QED) is 0.803. The van der Waals surface area contributed by atoms with Gasteiger partial charge in [0, 0.05) is 26.9 Å². The molecule has 0 spiro atoms. The Hall–Kier alpha value is -2.55. The van der Waals surface area contributed by atoms with Crippen LogP contribution in [0.1, 0.15) is 24.5 Å². The second-order valence-corrected chi connectivity index (χ2v) is 5.01. The Bertz CT molecular complexity index is 617. The number of hydrogen-bond donors (Lipinski definition) is 1. The Morgan fingerprint density at radius 1 is 1.52 bits per heavy atom. The molecule has 2 aromatic heterocycles. The maximum Gasteiger partial charge on any atom is 0.318 e. The molecule has 0 aromatic carbocycles. The summed E-state index contributed by atoms with van der Waals surface area (Å²) < 4.78 is 6.88. The molecule has 0 saturated carbocycles. The summed E-state index contributed by atoms with van der Waals surface area (Å²) in [5.74, 6) is 0.679. The van der Waals surface area contributed by atoms with E-state index in [0.29, 0.717) is 25.5 Å². The summed E-state index contributed by atoms with van der Waals surface area (Å²) in [4.78, 5) is 21.9. The van der Waals surface area contributed by atoms with Gasteiger partial charge in [-0.15, -0.1) is 10.2 Å². The first kappa shape index (κ1) is 16.8. The molecule has 2 amide bonds. The predicted molar refractivity (Wildman–Crippen MR) is 82.3 cm³/mol. The van der Waals surface area contributed by atoms with E-state index in [1.54, 1.807) is 37.6 Å². The van der Waals surface area contributed by atoms with Gasteiger partial charge in [0.25, 0.3) is 0 Å². The molecule has 23 heavy (non-hydrogen) atoms. The SMILES string of the molecule is COCCn1cnnc1CNC(=O)N(C)[C@@H](C)c1ccncn1. The fourth-order valence-electron chi connectivity index (χ4n) is 1.99. The number of carbonyl (C=O) groups is 1. The standard InChI is InChI=1S/C14H21N7O2/c1-11(12-4-5-15-9-17-12)20(2)14(22)16-8-13-19-18-10-21(13)6-7-23-3/h4-5,9-11H,6-8H2,1-3H3,(H,16,22)/t11-/m0/s1. The van der Waals surface area contributed by atoms with Gasteiger partial charge in [-0.3, -0.25) is 0 Å². The normalized spacial score (nSPS) is 12.0. The molecule has 0 bridgehead atoms. The Balaban J connectivity index is 1.90. The Labute approximate surface area is 134 Å². The molecule has 0 radical (unpaired) electrons. The van der Waals surface area contributed by atoms with Gasteiger partial charge in [-0.2, -0.15) is 0 Å². The van der Waals surface area contributed by atoms with Gasteiger partial charge in [0.1, 0.15) is 12.7 Å². The zero-order chi connectivity index (χ0) is 16.7. The number of carbonyl (C=O) groups excluding carboxylic acids is 1. The predicted octanol–water partition coefficient (Wildman–Crippen LogP) is 0.617. The van der Waals surface area contributed by atoms with Gasteiger partial charge in [-0.1, -0.05) is 0 Å². The topological polar surface area (TPSA) is 98.1 Å². The maximum atomic E-state index is 12.3. The van der Waals surface area contributed by atoms with Crippen LogP contribution in [0.5, 0.6) is 0 Å². The molecule has 124 valence electrons. The van der Waals surface area contributed by atoms with E-state index in [9.17, 15) is 4.79 Å². The summed E-state index contributed by atoms with van der Waals surface area (Å²) in [5.41, 5.74) is 0.779. The third-order valence-electron chi connectivity index (χ3n) is 3.56. The number of aromatic nitrogens is 5. The second-order valence-electron chi connectivity index (χ2n) is 5.01. The molecule has 0 aliphatic heterocycles. The molecule has 9 nitrogen and oxygen atoms in total. The van der Waals surface area contributed by atoms with E-state index in [4.69, 9.17) is 4.74 Å². The highest BCUT2D eigenvalue weighted by molar-refractivity contribution is 5.74. The number of methoxy groups -OCH3 is 1. The van der Waals surface area contributed by atoms with Crippen LogP contribution < -0.4 is 5.32 Å². The molecule has 0 aliphatic rings. The first-order valence-corrected chi connectivity index (χ1v) is 7.25. The van der Waals surface area contributed by atoms with E-state index in [2.05, 4.69) is 25.5 Å². The maximum absolute atomic E-state index is 12.3. The summed E-state index contributed by atoms with van der Waals surface area (Å²) in [6, 6.07) is 1.41. The molecular weight excluding hydrogens is 298 g/mol. The zero-order valence-corrected chi connectivity index (χ0v) is 13.5. The summed E-state index contributed by atoms with van der Waals surface area (Å²) in [7, 11) is 3.35. The number of nitrogens with one attached hydrogen (secondary N) is 1. The molecular formula is C14H21N7O2. The Kier molecular flexibility index (Phi) is 5.98. The van der Waals surface area contributed by atoms with Crippen LogP contribution in [-0.2, 0) is 17.8 Å². The second kappa shape index (κ2) is 8.18. The van der Waals surface area contributed by atoms with Gasteiger partial charge >= 0.3 is 6.03 Å². The van der Waals surface area contributed by atoms with Crippen LogP contribution in [0.4, 0.5) is 4.79 Å². The largest absolute Gasteiger partial charge is 0.383 e. The van der Waals surface area contributed by atoms with Gasteiger partial charge in [-0.25, -0.2) is 14.8 Å². The Morgan fingerprint density at radius 2 is 2.35 bits per heavy atom. The van der Waals surface area contributed by atoms with Crippen LogP contribution in [0.15, 0.2) is 24.9 Å². The highest BCUT2D eigenvalue weighted by Crippen LogP contribution is 2.15. The van der Waals surface area contributed by atoms with Crippen LogP contribution in [0, 0.1) is 0 Å². The first-order chi connectivity index (χ1) is 11.1. The smallest absolute Gasteiger partial charge is 0.318 e. The van der Waals surface area contributed by atoms with E-state index in [-0.39, 0.29) is 12.1 Å². The third-order valence-corrected chi connectivity index (χ3v) is 3.56. The van der Waals surface area contributed by atoms with Gasteiger partial charge < -0.3 is 19.5 Å². The molecule has 0 saturated heterocycles. The van der Waals surface area contributed by atoms with Crippen molar-refractivity contribution in [2.75, 3.05) is 20.8 Å². The fraction of sp³-hybridized carbons (Fsp3) is 0.500. The van der Waals surface area contributed by atoms with Crippen molar-refractivity contribution in [3.63, 3.8) is 0 Å². The first-order valence-electron chi connectivity index (χ1n) is 7.25. The van der Waals surface area contributed by atoms with Gasteiger partial charge in [-0.05, 0) is 13.0 Å². The highest BCUT2D eigenvalue weighted by atomic mass is 16.5. The van der Waals surface area contributed by atoms with E-state index < -0.39 is 0 Å². The average molecular weight is 319 g/mol. The van der Waals surface area contributed by atoms with Crippen molar-refractivity contribution in [2.24, 2.45) is 0 Å². The molecule has 0 unspecified atom stereocenters. The van der Waals surface area contributed by atoms with E-state index in [0.717, 1.165) is 5.69 Å². The van der Waals surface area contributed by atoms with Crippen molar-refractivity contribution >= 4 is 6.03 Å². The Morgan fingerprint density at radius 3 is 3.04 bits per heavy atom. The zero-order valence-electron chi connectivity index (χ0n) is 13.5. The van der Waals surface area contributed by atoms with Crippen molar-refractivity contribution in [1.82, 2.24) is 34.9 Å². The lowest BCUT2D eigenvalue weighted by Crippen LogP contribution is -2.39. The molecule has 2 heterocycles. The summed E-state index contributed by atoms with van der Waals surface area (Å²) >= 11 is 0. The van der Waals surface area contributed by atoms with Crippen LogP contribution in [0.3, 0.4) is 0 Å². The summed E-state index contributed by atoms with van der Waals surface area (Å²) in [6.07, 6.45) is 4.74. The van der Waals surface area contributed by atoms with Crippen LogP contribution in [-0.4, -0.2) is 56.4 Å². The van der Waals surface area contributed by atoms with E-state index in [1.165, 1.54) is 6.33 Å². The van der Waals surface area contributed by atoms with E-state index >= 15 is 0 Å². The lowest BCUT2D eigenvalue weighted by atomic mass is 10.2. The minimum Gasteiger partial charge on any atom is -0.383 e. The summed E-state index contributed by atoms with van der Waals surface area (Å²) in [5, 5.41) is 10.7. The van der Waals surface area contributed by atoms with Gasteiger partial charge in [0.2, 0.25) is 0 Å². The monoisotopic (exact) mass is 319 g/mol. The number of nitrogens with zero attached hydrogens (tertiary/aromatic N) is 6. The molecule has 1 atom stereocenters. The molecule has 2 aromatic rings. The van der Waals surface area contributed by atoms with Gasteiger partial charge in [0.05, 0.1) is 24.9 Å². The molecule has 0 aliphatic carbocycles. The minimum atomic E-state index is -0.211. The minimum absolute atomic E-state index is 0.163. The van der Waals surface area contributed by atoms with E-state index in [1.807, 2.05) is 11.5 Å². The fourth-order valence-corrected chi connectivity index (χ4v) is 1.99. The number of hydrogen-bond acceptors (Lipinski definition) is 6. The lowest BCUT2D eigenvalue weighted by molar-refractivity contribution is 0.185. The molecule has 9 heteroatoms.